The zero-order chi connectivity index (χ0) is 24.1. The van der Waals surface area contributed by atoms with Gasteiger partial charge >= 0.3 is 0 Å². The van der Waals surface area contributed by atoms with Gasteiger partial charge in [0, 0.05) is 31.3 Å². The molecule has 186 valence electrons. The van der Waals surface area contributed by atoms with E-state index < -0.39 is 5.82 Å². The van der Waals surface area contributed by atoms with Crippen molar-refractivity contribution in [2.75, 3.05) is 40.4 Å². The highest BCUT2D eigenvalue weighted by molar-refractivity contribution is 7.17. The van der Waals surface area contributed by atoms with Crippen molar-refractivity contribution in [3.63, 3.8) is 0 Å². The fourth-order valence-electron chi connectivity index (χ4n) is 5.20. The molecule has 2 saturated heterocycles. The first-order valence-electron chi connectivity index (χ1n) is 12.4. The largest absolute Gasteiger partial charge is 0.497 e. The number of carbonyl (C=O) groups is 1. The van der Waals surface area contributed by atoms with Gasteiger partial charge in [-0.05, 0) is 58.5 Å². The average Bonchev–Trinajstić information content (AvgIpc) is 3.29. The van der Waals surface area contributed by atoms with Crippen LogP contribution in [0.1, 0.15) is 66.7 Å². The number of carbonyl (C=O) groups excluding carboxylic acids is 1. The van der Waals surface area contributed by atoms with Gasteiger partial charge in [-0.3, -0.25) is 4.79 Å². The van der Waals surface area contributed by atoms with Crippen molar-refractivity contribution in [1.29, 1.82) is 0 Å². The minimum absolute atomic E-state index is 0.00515. The highest BCUT2D eigenvalue weighted by Gasteiger charge is 2.27. The Kier molecular flexibility index (Phi) is 8.42. The molecule has 2 fully saturated rings. The van der Waals surface area contributed by atoms with Gasteiger partial charge in [0.05, 0.1) is 25.5 Å². The molecule has 8 heteroatoms. The number of hydrogen-bond acceptors (Lipinski definition) is 6. The number of halogens is 1. The predicted octanol–water partition coefficient (Wildman–Crippen LogP) is 5.54. The molecule has 1 aromatic carbocycles. The number of methoxy groups -OCH3 is 2. The molecule has 0 N–H and O–H groups in total. The lowest BCUT2D eigenvalue weighted by atomic mass is 10.0. The molecule has 1 aromatic heterocycles. The smallest absolute Gasteiger partial charge is 0.265 e. The van der Waals surface area contributed by atoms with Crippen molar-refractivity contribution in [2.45, 2.75) is 64.3 Å². The molecule has 2 aliphatic heterocycles. The van der Waals surface area contributed by atoms with Crippen LogP contribution >= 0.6 is 11.3 Å². The third-order valence-corrected chi connectivity index (χ3v) is 8.23. The Hall–Kier alpha value is -2.19. The lowest BCUT2D eigenvalue weighted by Gasteiger charge is -2.34. The summed E-state index contributed by atoms with van der Waals surface area (Å²) in [6, 6.07) is 3.60. The van der Waals surface area contributed by atoms with E-state index >= 15 is 0 Å². The zero-order valence-corrected chi connectivity index (χ0v) is 21.4. The van der Waals surface area contributed by atoms with Gasteiger partial charge in [0.2, 0.25) is 0 Å². The van der Waals surface area contributed by atoms with Crippen LogP contribution in [-0.4, -0.2) is 67.1 Å². The number of ether oxygens (including phenoxy) is 2. The number of nitrogens with zero attached hydrogens (tertiary/aromatic N) is 3. The first-order chi connectivity index (χ1) is 16.5. The molecule has 1 unspecified atom stereocenters. The number of aromatic nitrogens is 1. The minimum Gasteiger partial charge on any atom is -0.497 e. The van der Waals surface area contributed by atoms with Crippen LogP contribution in [0.3, 0.4) is 0 Å². The van der Waals surface area contributed by atoms with Gasteiger partial charge in [-0.2, -0.15) is 0 Å². The lowest BCUT2D eigenvalue weighted by Crippen LogP contribution is -2.39. The average molecular weight is 490 g/mol. The summed E-state index contributed by atoms with van der Waals surface area (Å²) in [5.41, 5.74) is 0.901. The predicted molar refractivity (Wildman–Crippen MR) is 134 cm³/mol. The van der Waals surface area contributed by atoms with E-state index in [4.69, 9.17) is 9.47 Å². The third kappa shape index (κ3) is 5.54. The van der Waals surface area contributed by atoms with Crippen LogP contribution in [0.15, 0.2) is 12.1 Å². The van der Waals surface area contributed by atoms with Gasteiger partial charge in [0.25, 0.3) is 5.91 Å². The standard InChI is InChI=1S/C26H36FN3O3S/c1-18-24(34-25(28-18)23-21(27)16-20(32-2)17-22(23)33-3)26(31)30-14-8-5-10-19(11-9-15-30)29-12-6-4-7-13-29/h16-17,19H,4-15H2,1-3H3. The van der Waals surface area contributed by atoms with Crippen molar-refractivity contribution >= 4 is 17.2 Å². The van der Waals surface area contributed by atoms with Crippen LogP contribution in [0.25, 0.3) is 10.6 Å². The van der Waals surface area contributed by atoms with Crippen molar-refractivity contribution in [3.05, 3.63) is 28.5 Å². The molecule has 0 aliphatic carbocycles. The third-order valence-electron chi connectivity index (χ3n) is 7.06. The Morgan fingerprint density at radius 1 is 1.00 bits per heavy atom. The molecule has 0 radical (unpaired) electrons. The van der Waals surface area contributed by atoms with Crippen molar-refractivity contribution < 1.29 is 18.7 Å². The molecule has 0 saturated carbocycles. The first-order valence-corrected chi connectivity index (χ1v) is 13.3. The van der Waals surface area contributed by atoms with Crippen LogP contribution in [0.5, 0.6) is 11.5 Å². The Labute approximate surface area is 206 Å². The second kappa shape index (κ2) is 11.5. The molecular weight excluding hydrogens is 453 g/mol. The Morgan fingerprint density at radius 3 is 2.44 bits per heavy atom. The van der Waals surface area contributed by atoms with Crippen molar-refractivity contribution in [3.8, 4) is 22.1 Å². The van der Waals surface area contributed by atoms with E-state index in [-0.39, 0.29) is 11.5 Å². The molecule has 1 amide bonds. The second-order valence-corrected chi connectivity index (χ2v) is 10.3. The molecule has 3 heterocycles. The van der Waals surface area contributed by atoms with Crippen LogP contribution in [-0.2, 0) is 0 Å². The maximum absolute atomic E-state index is 14.9. The molecular formula is C26H36FN3O3S. The van der Waals surface area contributed by atoms with E-state index in [1.54, 1.807) is 6.07 Å². The van der Waals surface area contributed by atoms with Gasteiger partial charge < -0.3 is 19.3 Å². The van der Waals surface area contributed by atoms with Crippen LogP contribution in [0.4, 0.5) is 4.39 Å². The van der Waals surface area contributed by atoms with Gasteiger partial charge in [0.1, 0.15) is 27.2 Å². The van der Waals surface area contributed by atoms with Gasteiger partial charge in [-0.25, -0.2) is 9.37 Å². The molecule has 2 aromatic rings. The molecule has 6 nitrogen and oxygen atoms in total. The zero-order valence-electron chi connectivity index (χ0n) is 20.6. The summed E-state index contributed by atoms with van der Waals surface area (Å²) < 4.78 is 25.5. The highest BCUT2D eigenvalue weighted by atomic mass is 32.1. The lowest BCUT2D eigenvalue weighted by molar-refractivity contribution is 0.0754. The van der Waals surface area contributed by atoms with E-state index in [0.29, 0.717) is 33.1 Å². The number of amides is 1. The molecule has 34 heavy (non-hydrogen) atoms. The SMILES string of the molecule is COc1cc(F)c(-c2nc(C)c(C(=O)N3CCCCC(N4CCCCC4)CCC3)s2)c(OC)c1. The Morgan fingerprint density at radius 2 is 1.71 bits per heavy atom. The molecule has 0 spiro atoms. The maximum atomic E-state index is 14.9. The Bertz CT molecular complexity index is 990. The van der Waals surface area contributed by atoms with Crippen molar-refractivity contribution in [2.24, 2.45) is 0 Å². The number of rotatable bonds is 5. The monoisotopic (exact) mass is 489 g/mol. The molecule has 0 bridgehead atoms. The van der Waals surface area contributed by atoms with Crippen LogP contribution in [0.2, 0.25) is 0 Å². The number of hydrogen-bond donors (Lipinski definition) is 0. The minimum atomic E-state index is -0.476. The fraction of sp³-hybridized carbons (Fsp3) is 0.615. The molecule has 2 aliphatic rings. The topological polar surface area (TPSA) is 54.9 Å². The van der Waals surface area contributed by atoms with Crippen molar-refractivity contribution in [1.82, 2.24) is 14.8 Å². The number of benzene rings is 1. The normalized spacial score (nSPS) is 20.4. The van der Waals surface area contributed by atoms with E-state index in [1.807, 2.05) is 11.8 Å². The molecule has 4 rings (SSSR count). The summed E-state index contributed by atoms with van der Waals surface area (Å²) in [4.78, 5) is 23.3. The van der Waals surface area contributed by atoms with E-state index in [0.717, 1.165) is 38.8 Å². The van der Waals surface area contributed by atoms with Crippen LogP contribution in [0, 0.1) is 12.7 Å². The summed E-state index contributed by atoms with van der Waals surface area (Å²) >= 11 is 1.24. The second-order valence-electron chi connectivity index (χ2n) is 9.30. The summed E-state index contributed by atoms with van der Waals surface area (Å²) in [6.07, 6.45) is 9.52. The molecule has 1 atom stereocenters. The summed E-state index contributed by atoms with van der Waals surface area (Å²) in [5.74, 6) is 0.249. The van der Waals surface area contributed by atoms with Gasteiger partial charge in [-0.15, -0.1) is 11.3 Å². The first kappa shape index (κ1) is 24.9. The van der Waals surface area contributed by atoms with Crippen LogP contribution < -0.4 is 9.47 Å². The van der Waals surface area contributed by atoms with E-state index in [1.165, 1.54) is 70.4 Å². The quantitative estimate of drug-likeness (QED) is 0.552. The number of thiazole rings is 1. The van der Waals surface area contributed by atoms with E-state index in [2.05, 4.69) is 9.88 Å². The van der Waals surface area contributed by atoms with E-state index in [9.17, 15) is 9.18 Å². The highest BCUT2D eigenvalue weighted by Crippen LogP contribution is 2.39. The summed E-state index contributed by atoms with van der Waals surface area (Å²) in [6.45, 7) is 5.79. The van der Waals surface area contributed by atoms with Gasteiger partial charge in [0.15, 0.2) is 0 Å². The summed E-state index contributed by atoms with van der Waals surface area (Å²) in [7, 11) is 2.98. The maximum Gasteiger partial charge on any atom is 0.265 e. The number of aryl methyl sites for hydroxylation is 1. The summed E-state index contributed by atoms with van der Waals surface area (Å²) in [5, 5.41) is 0.451. The fourth-order valence-corrected chi connectivity index (χ4v) is 6.28. The Balaban J connectivity index is 1.49. The number of likely N-dealkylation sites (tertiary alicyclic amines) is 1. The number of piperidine rings is 1. The van der Waals surface area contributed by atoms with Gasteiger partial charge in [-0.1, -0.05) is 12.8 Å².